The summed E-state index contributed by atoms with van der Waals surface area (Å²) in [4.78, 5) is 1.27. The molecule has 0 N–H and O–H groups in total. The van der Waals surface area contributed by atoms with Crippen LogP contribution in [0, 0.1) is 0 Å². The first kappa shape index (κ1) is 18.6. The van der Waals surface area contributed by atoms with Crippen molar-refractivity contribution in [3.63, 3.8) is 0 Å². The Kier molecular flexibility index (Phi) is 4.28. The minimum Gasteiger partial charge on any atom is -0.455 e. The van der Waals surface area contributed by atoms with Crippen LogP contribution in [-0.4, -0.2) is 4.57 Å². The van der Waals surface area contributed by atoms with E-state index in [1.165, 1.54) is 4.90 Å². The number of hydrogen-bond acceptors (Lipinski definition) is 2. The summed E-state index contributed by atoms with van der Waals surface area (Å²) in [5.41, 5.74) is -1.41. The monoisotopic (exact) mass is 719 g/mol. The fourth-order valence-electron chi connectivity index (χ4n) is 7.34. The van der Waals surface area contributed by atoms with Crippen LogP contribution < -0.4 is 4.90 Å². The van der Waals surface area contributed by atoms with Gasteiger partial charge in [0.25, 0.3) is 0 Å². The largest absolute Gasteiger partial charge is 0.455 e. The molecule has 0 atom stereocenters. The summed E-state index contributed by atoms with van der Waals surface area (Å²) in [6, 6.07) is 17.8. The van der Waals surface area contributed by atoms with Crippen LogP contribution in [0.3, 0.4) is 0 Å². The molecule has 0 radical (unpaired) electrons. The molecular formula is C52H34N2O. The van der Waals surface area contributed by atoms with E-state index in [4.69, 9.17) is 16.8 Å². The SMILES string of the molecule is [2H]c1c([2H])c([2H])c(-c2c([2H])c([2H])c(-c3c([2H])c([2H])c(N(c4c([2H])c([2H])c([2H])c([2H])c4-n4c5ccccc5c5ccccc54)c4cccc5oc6c7ccccc7ccc6c45)c([2H])c3[2H])c([2H])c2[2H])c([2H])c1[2H]. The average Bonchev–Trinajstić information content (AvgIpc) is 3.94. The Morgan fingerprint density at radius 1 is 0.436 bits per heavy atom. The van der Waals surface area contributed by atoms with Crippen molar-refractivity contribution < 1.29 is 27.7 Å². The molecule has 0 saturated heterocycles. The standard InChI is InChI=1S/C52H34N2O/c1-2-13-35(14-3-1)36-25-27-37(28-26-36)38-29-32-40(33-30-38)53(49-23-12-24-50-51(49)44-34-31-39-15-4-5-16-41(39)52(44)55-50)47-21-10-11-22-48(47)54-45-19-8-6-17-42(45)43-18-7-9-20-46(43)54/h1-34H/i1D,2D,3D,10D,11D,13D,14D,21D,22D,25D,26D,27D,28D,29D,30D,32D,33D. The lowest BCUT2D eigenvalue weighted by molar-refractivity contribution is 0.672. The van der Waals surface area contributed by atoms with Crippen molar-refractivity contribution in [1.82, 2.24) is 4.57 Å². The van der Waals surface area contributed by atoms with Crippen LogP contribution in [0.5, 0.6) is 0 Å². The molecule has 9 aromatic carbocycles. The fraction of sp³-hybridized carbons (Fsp3) is 0. The van der Waals surface area contributed by atoms with Gasteiger partial charge >= 0.3 is 0 Å². The summed E-state index contributed by atoms with van der Waals surface area (Å²) in [7, 11) is 0. The van der Waals surface area contributed by atoms with Gasteiger partial charge in [-0.25, -0.2) is 0 Å². The highest BCUT2D eigenvalue weighted by atomic mass is 16.3. The smallest absolute Gasteiger partial charge is 0.143 e. The van der Waals surface area contributed by atoms with Crippen molar-refractivity contribution in [3.8, 4) is 27.9 Å². The third kappa shape index (κ3) is 5.05. The summed E-state index contributed by atoms with van der Waals surface area (Å²) in [5, 5.41) is 4.06. The van der Waals surface area contributed by atoms with Crippen molar-refractivity contribution in [1.29, 1.82) is 0 Å². The van der Waals surface area contributed by atoms with Crippen molar-refractivity contribution in [2.24, 2.45) is 0 Å². The molecule has 0 aliphatic heterocycles. The minimum atomic E-state index is -0.879. The normalized spacial score (nSPS) is 16.0. The molecule has 0 aliphatic carbocycles. The number of rotatable bonds is 6. The number of furan rings is 1. The van der Waals surface area contributed by atoms with Gasteiger partial charge in [-0.1, -0.05) is 151 Å². The van der Waals surface area contributed by atoms with Gasteiger partial charge in [0.15, 0.2) is 0 Å². The topological polar surface area (TPSA) is 21.3 Å². The molecule has 2 aromatic heterocycles. The van der Waals surface area contributed by atoms with Gasteiger partial charge in [-0.3, -0.25) is 0 Å². The van der Waals surface area contributed by atoms with Crippen LogP contribution in [0.15, 0.2) is 210 Å². The van der Waals surface area contributed by atoms with E-state index in [9.17, 15) is 11.0 Å². The van der Waals surface area contributed by atoms with Gasteiger partial charge in [-0.05, 0) is 82.1 Å². The predicted octanol–water partition coefficient (Wildman–Crippen LogP) is 14.6. The van der Waals surface area contributed by atoms with Crippen molar-refractivity contribution in [2.75, 3.05) is 4.90 Å². The van der Waals surface area contributed by atoms with Crippen LogP contribution in [-0.2, 0) is 0 Å². The van der Waals surface area contributed by atoms with E-state index in [2.05, 4.69) is 0 Å². The van der Waals surface area contributed by atoms with Crippen molar-refractivity contribution >= 4 is 71.6 Å². The molecule has 0 aliphatic rings. The Bertz CT molecular complexity index is 4080. The summed E-state index contributed by atoms with van der Waals surface area (Å²) < 4.78 is 163. The van der Waals surface area contributed by atoms with Crippen LogP contribution in [0.25, 0.3) is 82.5 Å². The van der Waals surface area contributed by atoms with Crippen molar-refractivity contribution in [2.45, 2.75) is 0 Å². The zero-order valence-corrected chi connectivity index (χ0v) is 28.6. The third-order valence-corrected chi connectivity index (χ3v) is 9.74. The Morgan fingerprint density at radius 2 is 1.02 bits per heavy atom. The molecular weight excluding hydrogens is 669 g/mol. The maximum absolute atomic E-state index is 9.89. The molecule has 0 amide bonds. The zero-order chi connectivity index (χ0) is 51.1. The number of benzene rings is 9. The molecule has 3 nitrogen and oxygen atoms in total. The number of fused-ring (bicyclic) bond motifs is 8. The lowest BCUT2D eigenvalue weighted by atomic mass is 10.00. The quantitative estimate of drug-likeness (QED) is 0.171. The number of para-hydroxylation sites is 4. The lowest BCUT2D eigenvalue weighted by Gasteiger charge is -2.29. The van der Waals surface area contributed by atoms with E-state index in [1.54, 1.807) is 47.0 Å². The molecule has 0 saturated carbocycles. The summed E-state index contributed by atoms with van der Waals surface area (Å²) in [5.74, 6) is 0. The van der Waals surface area contributed by atoms with E-state index >= 15 is 0 Å². The van der Waals surface area contributed by atoms with Gasteiger partial charge in [0.2, 0.25) is 0 Å². The predicted molar refractivity (Wildman–Crippen MR) is 231 cm³/mol. The molecule has 11 aromatic rings. The van der Waals surface area contributed by atoms with E-state index in [0.717, 1.165) is 21.5 Å². The molecule has 0 unspecified atom stereocenters. The van der Waals surface area contributed by atoms with Crippen LogP contribution >= 0.6 is 0 Å². The molecule has 0 spiro atoms. The molecule has 0 bridgehead atoms. The van der Waals surface area contributed by atoms with E-state index in [1.807, 2.05) is 60.7 Å². The van der Waals surface area contributed by atoms with Crippen LogP contribution in [0.1, 0.15) is 23.3 Å². The van der Waals surface area contributed by atoms with Gasteiger partial charge in [0, 0.05) is 27.2 Å². The van der Waals surface area contributed by atoms with Gasteiger partial charge in [-0.15, -0.1) is 0 Å². The second-order valence-corrected chi connectivity index (χ2v) is 12.8. The molecule has 258 valence electrons. The fourth-order valence-corrected chi connectivity index (χ4v) is 7.34. The molecule has 11 rings (SSSR count). The van der Waals surface area contributed by atoms with Crippen LogP contribution in [0.4, 0.5) is 17.1 Å². The lowest BCUT2D eigenvalue weighted by Crippen LogP contribution is -2.13. The Morgan fingerprint density at radius 3 is 1.73 bits per heavy atom. The summed E-state index contributed by atoms with van der Waals surface area (Å²) in [6.45, 7) is 0. The van der Waals surface area contributed by atoms with E-state index < -0.39 is 131 Å². The first-order valence-electron chi connectivity index (χ1n) is 25.9. The van der Waals surface area contributed by atoms with E-state index in [-0.39, 0.29) is 17.1 Å². The highest BCUT2D eigenvalue weighted by molar-refractivity contribution is 6.20. The van der Waals surface area contributed by atoms with Gasteiger partial charge in [0.05, 0.1) is 56.8 Å². The second kappa shape index (κ2) is 12.6. The maximum atomic E-state index is 9.89. The minimum absolute atomic E-state index is 0.0996. The Labute approximate surface area is 342 Å². The highest BCUT2D eigenvalue weighted by Crippen LogP contribution is 2.47. The van der Waals surface area contributed by atoms with Gasteiger partial charge < -0.3 is 13.9 Å². The number of hydrogen-bond donors (Lipinski definition) is 0. The zero-order valence-electron chi connectivity index (χ0n) is 45.6. The van der Waals surface area contributed by atoms with E-state index in [0.29, 0.717) is 33.0 Å². The van der Waals surface area contributed by atoms with Gasteiger partial charge in [0.1, 0.15) is 11.2 Å². The third-order valence-electron chi connectivity index (χ3n) is 9.74. The van der Waals surface area contributed by atoms with Gasteiger partial charge in [-0.2, -0.15) is 0 Å². The summed E-state index contributed by atoms with van der Waals surface area (Å²) in [6.07, 6.45) is 0. The maximum Gasteiger partial charge on any atom is 0.143 e. The first-order valence-corrected chi connectivity index (χ1v) is 17.4. The molecule has 2 heterocycles. The van der Waals surface area contributed by atoms with Crippen LogP contribution in [0.2, 0.25) is 0 Å². The number of nitrogens with zero attached hydrogens (tertiary/aromatic N) is 2. The van der Waals surface area contributed by atoms with Crippen molar-refractivity contribution in [3.05, 3.63) is 206 Å². The molecule has 0 fully saturated rings. The second-order valence-electron chi connectivity index (χ2n) is 12.8. The first-order chi connectivity index (χ1) is 34.4. The Balaban J connectivity index is 1.27. The average molecular weight is 720 g/mol. The molecule has 3 heteroatoms. The highest BCUT2D eigenvalue weighted by Gasteiger charge is 2.24. The Hall–Kier alpha value is -7.36. The molecule has 55 heavy (non-hydrogen) atoms. The number of anilines is 3. The number of aromatic nitrogens is 1. The summed E-state index contributed by atoms with van der Waals surface area (Å²) >= 11 is 0.